The summed E-state index contributed by atoms with van der Waals surface area (Å²) in [4.78, 5) is 0. The molecule has 3 N–H and O–H groups in total. The van der Waals surface area contributed by atoms with E-state index >= 15 is 0 Å². The number of rotatable bonds is 3. The Morgan fingerprint density at radius 1 is 0.943 bits per heavy atom. The van der Waals surface area contributed by atoms with E-state index in [0.29, 0.717) is 39.4 Å². The quantitative estimate of drug-likeness (QED) is 0.314. The first-order chi connectivity index (χ1) is 16.9. The third-order valence-electron chi connectivity index (χ3n) is 7.00. The number of aliphatic hydroxyl groups excluding tert-OH is 1. The van der Waals surface area contributed by atoms with Crippen LogP contribution < -0.4 is 15.2 Å². The second-order valence-electron chi connectivity index (χ2n) is 9.17. The highest BCUT2D eigenvalue weighted by molar-refractivity contribution is 6.39. The predicted octanol–water partition coefficient (Wildman–Crippen LogP) is 7.21. The van der Waals surface area contributed by atoms with Crippen LogP contribution in [0.3, 0.4) is 0 Å². The molecular formula is C27H22Cl3FN3O+. The van der Waals surface area contributed by atoms with E-state index in [2.05, 4.69) is 28.8 Å². The summed E-state index contributed by atoms with van der Waals surface area (Å²) in [5.41, 5.74) is 5.97. The van der Waals surface area contributed by atoms with Crippen LogP contribution in [-0.2, 0) is 6.54 Å². The summed E-state index contributed by atoms with van der Waals surface area (Å²) in [6, 6.07) is 14.6. The maximum atomic E-state index is 13.9. The number of para-hydroxylation sites is 1. The first kappa shape index (κ1) is 22.9. The van der Waals surface area contributed by atoms with Gasteiger partial charge in [-0.15, -0.1) is 0 Å². The molecule has 0 saturated carbocycles. The van der Waals surface area contributed by atoms with Crippen molar-refractivity contribution in [1.29, 1.82) is 0 Å². The van der Waals surface area contributed by atoms with E-state index in [9.17, 15) is 9.50 Å². The molecule has 2 unspecified atom stereocenters. The van der Waals surface area contributed by atoms with Crippen LogP contribution >= 0.6 is 34.8 Å². The number of hydrogen-bond acceptors (Lipinski definition) is 2. The summed E-state index contributed by atoms with van der Waals surface area (Å²) in [5, 5.41) is 18.8. The van der Waals surface area contributed by atoms with E-state index in [-0.39, 0.29) is 6.02 Å². The number of benzene rings is 3. The molecule has 35 heavy (non-hydrogen) atoms. The van der Waals surface area contributed by atoms with Gasteiger partial charge in [0.25, 0.3) is 0 Å². The van der Waals surface area contributed by atoms with Gasteiger partial charge in [0.15, 0.2) is 5.69 Å². The summed E-state index contributed by atoms with van der Waals surface area (Å²) in [7, 11) is 0. The second-order valence-corrected chi connectivity index (χ2v) is 10.4. The van der Waals surface area contributed by atoms with Gasteiger partial charge in [-0.05, 0) is 78.4 Å². The Morgan fingerprint density at radius 3 is 2.49 bits per heavy atom. The second kappa shape index (κ2) is 8.82. The number of hydrogen-bond donors (Lipinski definition) is 3. The number of aliphatic hydroxyl groups is 1. The zero-order chi connectivity index (χ0) is 24.3. The third-order valence-corrected chi connectivity index (χ3v) is 7.92. The lowest BCUT2D eigenvalue weighted by Crippen LogP contribution is -2.36. The number of nitrogens with one attached hydrogen (secondary N) is 2. The first-order valence-corrected chi connectivity index (χ1v) is 12.7. The van der Waals surface area contributed by atoms with Gasteiger partial charge in [-0.2, -0.15) is 4.58 Å². The van der Waals surface area contributed by atoms with Gasteiger partial charge in [-0.25, -0.2) is 9.71 Å². The van der Waals surface area contributed by atoms with Crippen LogP contribution in [0.5, 0.6) is 0 Å². The zero-order valence-electron chi connectivity index (χ0n) is 18.6. The molecule has 0 radical (unpaired) electrons. The lowest BCUT2D eigenvalue weighted by Gasteiger charge is -2.25. The molecule has 3 aliphatic rings. The molecule has 2 bridgehead atoms. The number of amidine groups is 1. The Bertz CT molecular complexity index is 1420. The van der Waals surface area contributed by atoms with E-state index in [0.717, 1.165) is 47.2 Å². The first-order valence-electron chi connectivity index (χ1n) is 11.5. The zero-order valence-corrected chi connectivity index (χ0v) is 20.9. The van der Waals surface area contributed by atoms with E-state index in [1.807, 2.05) is 0 Å². The molecule has 0 aromatic heterocycles. The SMILES string of the molecule is OC1=[N+](c2c(Cl)cccc2Cl)c2cc(C3=CC4CCC(C3)N4)cc(-c3ccc(F)cc3Cl)c2CN1. The van der Waals surface area contributed by atoms with Crippen molar-refractivity contribution in [3.8, 4) is 11.1 Å². The lowest BCUT2D eigenvalue weighted by atomic mass is 9.89. The Hall–Kier alpha value is -2.57. The van der Waals surface area contributed by atoms with Crippen LogP contribution in [0.4, 0.5) is 15.8 Å². The molecule has 0 amide bonds. The Labute approximate surface area is 217 Å². The van der Waals surface area contributed by atoms with Gasteiger partial charge >= 0.3 is 6.02 Å². The van der Waals surface area contributed by atoms with Crippen molar-refractivity contribution in [3.63, 3.8) is 0 Å². The van der Waals surface area contributed by atoms with Crippen LogP contribution in [-0.4, -0.2) is 23.2 Å². The van der Waals surface area contributed by atoms with Gasteiger partial charge < -0.3 is 10.4 Å². The largest absolute Gasteiger partial charge is 0.452 e. The van der Waals surface area contributed by atoms with Gasteiger partial charge in [-0.1, -0.05) is 46.9 Å². The molecule has 2 atom stereocenters. The van der Waals surface area contributed by atoms with E-state index in [1.165, 1.54) is 17.7 Å². The van der Waals surface area contributed by atoms with E-state index in [1.54, 1.807) is 28.8 Å². The standard InChI is InChI=1S/C27H21Cl3FN3O/c28-22-2-1-3-23(29)26(22)34-25-11-15(14-8-17-5-6-18(9-14)33-17)10-20(21(25)13-32-27(34)35)19-7-4-16(31)12-24(19)30/h1-4,7-8,10-12,17-18,33H,5-6,9,13H2,(H,32,35)/p+1. The minimum Gasteiger partial charge on any atom is -0.446 e. The van der Waals surface area contributed by atoms with Crippen LogP contribution in [0.25, 0.3) is 16.7 Å². The molecule has 0 aliphatic carbocycles. The van der Waals surface area contributed by atoms with Crippen molar-refractivity contribution in [2.24, 2.45) is 0 Å². The maximum Gasteiger partial charge on any atom is 0.452 e. The highest BCUT2D eigenvalue weighted by atomic mass is 35.5. The maximum absolute atomic E-state index is 13.9. The van der Waals surface area contributed by atoms with E-state index < -0.39 is 5.82 Å². The van der Waals surface area contributed by atoms with Crippen LogP contribution in [0, 0.1) is 5.82 Å². The van der Waals surface area contributed by atoms with Crippen LogP contribution in [0.1, 0.15) is 30.4 Å². The molecule has 3 aromatic rings. The van der Waals surface area contributed by atoms with Gasteiger partial charge in [0.2, 0.25) is 0 Å². The smallest absolute Gasteiger partial charge is 0.446 e. The fourth-order valence-electron chi connectivity index (χ4n) is 5.40. The Morgan fingerprint density at radius 2 is 1.74 bits per heavy atom. The minimum atomic E-state index is -0.394. The minimum absolute atomic E-state index is 0.0693. The summed E-state index contributed by atoms with van der Waals surface area (Å²) in [5.74, 6) is -0.394. The predicted molar refractivity (Wildman–Crippen MR) is 142 cm³/mol. The van der Waals surface area contributed by atoms with Crippen molar-refractivity contribution < 1.29 is 9.50 Å². The Kier molecular flexibility index (Phi) is 5.76. The molecule has 6 rings (SSSR count). The van der Waals surface area contributed by atoms with Crippen molar-refractivity contribution in [2.45, 2.75) is 37.9 Å². The van der Waals surface area contributed by atoms with Crippen molar-refractivity contribution in [2.75, 3.05) is 0 Å². The topological polar surface area (TPSA) is 47.3 Å². The monoisotopic (exact) mass is 528 g/mol. The lowest BCUT2D eigenvalue weighted by molar-refractivity contribution is 0.490. The van der Waals surface area contributed by atoms with Gasteiger partial charge in [0.05, 0.1) is 15.1 Å². The molecule has 8 heteroatoms. The molecule has 0 spiro atoms. The molecule has 1 saturated heterocycles. The van der Waals surface area contributed by atoms with E-state index in [4.69, 9.17) is 34.8 Å². The van der Waals surface area contributed by atoms with Gasteiger partial charge in [0, 0.05) is 23.2 Å². The average Bonchev–Trinajstić information content (AvgIpc) is 3.17. The average molecular weight is 530 g/mol. The summed E-state index contributed by atoms with van der Waals surface area (Å²) >= 11 is 19.7. The van der Waals surface area contributed by atoms with Crippen molar-refractivity contribution in [3.05, 3.63) is 86.6 Å². The molecular weight excluding hydrogens is 508 g/mol. The molecule has 4 nitrogen and oxygen atoms in total. The summed E-state index contributed by atoms with van der Waals surface area (Å²) in [6.45, 7) is 0.356. The third kappa shape index (κ3) is 4.01. The number of fused-ring (bicyclic) bond motifs is 3. The normalized spacial score (nSPS) is 21.0. The van der Waals surface area contributed by atoms with Gasteiger partial charge in [0.1, 0.15) is 18.0 Å². The number of halogens is 4. The molecule has 1 fully saturated rings. The van der Waals surface area contributed by atoms with Crippen molar-refractivity contribution in [1.82, 2.24) is 15.2 Å². The van der Waals surface area contributed by atoms with Crippen molar-refractivity contribution >= 4 is 57.8 Å². The number of nitrogens with zero attached hydrogens (tertiary/aromatic N) is 1. The molecule has 3 heterocycles. The fraction of sp³-hybridized carbons (Fsp3) is 0.222. The molecule has 178 valence electrons. The summed E-state index contributed by atoms with van der Waals surface area (Å²) < 4.78 is 15.5. The highest BCUT2D eigenvalue weighted by Gasteiger charge is 2.34. The summed E-state index contributed by atoms with van der Waals surface area (Å²) in [6.07, 6.45) is 5.47. The highest BCUT2D eigenvalue weighted by Crippen LogP contribution is 2.44. The van der Waals surface area contributed by atoms with Crippen LogP contribution in [0.15, 0.2) is 54.6 Å². The molecule has 3 aromatic carbocycles. The van der Waals surface area contributed by atoms with Crippen LogP contribution in [0.2, 0.25) is 15.1 Å². The Balaban J connectivity index is 1.63. The van der Waals surface area contributed by atoms with Gasteiger partial charge in [-0.3, -0.25) is 0 Å². The fourth-order valence-corrected chi connectivity index (χ4v) is 6.23. The molecule has 3 aliphatic heterocycles.